The highest BCUT2D eigenvalue weighted by atomic mass is 79.9. The molecule has 29 heavy (non-hydrogen) atoms. The summed E-state index contributed by atoms with van der Waals surface area (Å²) in [5.74, 6) is -1.53. The largest absolute Gasteiger partial charge is 0.546 e. The summed E-state index contributed by atoms with van der Waals surface area (Å²) in [5.41, 5.74) is -1.54. The summed E-state index contributed by atoms with van der Waals surface area (Å²) in [6.45, 7) is 4.59. The van der Waals surface area contributed by atoms with E-state index in [0.29, 0.717) is 6.61 Å². The van der Waals surface area contributed by atoms with Crippen LogP contribution in [0.15, 0.2) is 60.7 Å². The van der Waals surface area contributed by atoms with Crippen molar-refractivity contribution in [2.75, 3.05) is 33.8 Å². The molecule has 5 nitrogen and oxygen atoms in total. The number of hydrogen-bond donors (Lipinski definition) is 2. The van der Waals surface area contributed by atoms with Crippen LogP contribution in [0.1, 0.15) is 37.3 Å². The predicted octanol–water partition coefficient (Wildman–Crippen LogP) is 2.50. The van der Waals surface area contributed by atoms with Crippen molar-refractivity contribution in [1.82, 2.24) is 0 Å². The Bertz CT molecular complexity index is 653. The van der Waals surface area contributed by atoms with Crippen LogP contribution in [0.2, 0.25) is 0 Å². The van der Waals surface area contributed by atoms with E-state index >= 15 is 0 Å². The minimum absolute atomic E-state index is 0. The molecular formula is C23H34BrNO4. The molecular weight excluding hydrogens is 434 g/mol. The number of carbonyl (C=O) groups excluding carboxylic acids is 1. The molecule has 0 atom stereocenters. The van der Waals surface area contributed by atoms with Crippen LogP contribution >= 0.6 is 17.0 Å². The molecule has 0 fully saturated rings. The fourth-order valence-electron chi connectivity index (χ4n) is 2.93. The van der Waals surface area contributed by atoms with Gasteiger partial charge in [-0.25, -0.2) is 0 Å². The van der Waals surface area contributed by atoms with Gasteiger partial charge in [0.1, 0.15) is 6.54 Å². The quantitative estimate of drug-likeness (QED) is 0.438. The highest BCUT2D eigenvalue weighted by molar-refractivity contribution is 8.93. The molecule has 0 heterocycles. The SMILES string of the molecule is Br.CCCCC[N+](C)(C)CCO.O=C([O-])C(O)(c1ccccc1)c1ccccc1. The number of carbonyl (C=O) groups is 1. The normalized spacial score (nSPS) is 11.1. The van der Waals surface area contributed by atoms with E-state index in [4.69, 9.17) is 5.11 Å². The van der Waals surface area contributed by atoms with E-state index in [1.807, 2.05) is 0 Å². The molecule has 0 saturated heterocycles. The number of benzene rings is 2. The zero-order valence-electron chi connectivity index (χ0n) is 17.6. The number of rotatable bonds is 9. The van der Waals surface area contributed by atoms with Gasteiger partial charge in [0.25, 0.3) is 0 Å². The molecule has 0 unspecified atom stereocenters. The van der Waals surface area contributed by atoms with E-state index < -0.39 is 11.6 Å². The van der Waals surface area contributed by atoms with Gasteiger partial charge >= 0.3 is 0 Å². The molecule has 2 aromatic carbocycles. The molecule has 2 rings (SSSR count). The summed E-state index contributed by atoms with van der Waals surface area (Å²) in [6, 6.07) is 16.4. The Morgan fingerprint density at radius 3 is 1.72 bits per heavy atom. The summed E-state index contributed by atoms with van der Waals surface area (Å²) in [4.78, 5) is 11.3. The molecule has 0 bridgehead atoms. The molecule has 0 aliphatic rings. The first-order valence-corrected chi connectivity index (χ1v) is 9.75. The van der Waals surface area contributed by atoms with Crippen LogP contribution in [-0.4, -0.2) is 54.5 Å². The Labute approximate surface area is 185 Å². The van der Waals surface area contributed by atoms with E-state index in [1.54, 1.807) is 60.7 Å². The van der Waals surface area contributed by atoms with Crippen LogP contribution in [-0.2, 0) is 10.4 Å². The monoisotopic (exact) mass is 467 g/mol. The van der Waals surface area contributed by atoms with Crippen LogP contribution in [0, 0.1) is 0 Å². The van der Waals surface area contributed by atoms with Crippen molar-refractivity contribution in [1.29, 1.82) is 0 Å². The van der Waals surface area contributed by atoms with Gasteiger partial charge in [0, 0.05) is 0 Å². The highest BCUT2D eigenvalue weighted by Gasteiger charge is 2.32. The number of aliphatic hydroxyl groups is 2. The summed E-state index contributed by atoms with van der Waals surface area (Å²) >= 11 is 0. The van der Waals surface area contributed by atoms with E-state index in [0.717, 1.165) is 11.0 Å². The second-order valence-corrected chi connectivity index (χ2v) is 7.54. The third-order valence-corrected chi connectivity index (χ3v) is 4.75. The smallest absolute Gasteiger partial charge is 0.154 e. The molecule has 6 heteroatoms. The van der Waals surface area contributed by atoms with Gasteiger partial charge in [-0.1, -0.05) is 74.0 Å². The van der Waals surface area contributed by atoms with E-state index in [1.165, 1.54) is 25.8 Å². The maximum atomic E-state index is 11.3. The molecule has 0 amide bonds. The van der Waals surface area contributed by atoms with Gasteiger partial charge in [-0.05, 0) is 24.0 Å². The van der Waals surface area contributed by atoms with Crippen molar-refractivity contribution in [2.45, 2.75) is 31.8 Å². The lowest BCUT2D eigenvalue weighted by Crippen LogP contribution is -2.46. The molecule has 0 aliphatic carbocycles. The Morgan fingerprint density at radius 2 is 1.38 bits per heavy atom. The Balaban J connectivity index is 0.000000576. The third-order valence-electron chi connectivity index (χ3n) is 4.75. The number of quaternary nitrogens is 1. The van der Waals surface area contributed by atoms with Crippen molar-refractivity contribution in [3.8, 4) is 0 Å². The molecule has 162 valence electrons. The van der Waals surface area contributed by atoms with E-state index in [9.17, 15) is 15.0 Å². The van der Waals surface area contributed by atoms with Gasteiger partial charge in [-0.3, -0.25) is 0 Å². The zero-order chi connectivity index (χ0) is 21.0. The van der Waals surface area contributed by atoms with Crippen molar-refractivity contribution < 1.29 is 24.6 Å². The van der Waals surface area contributed by atoms with Crippen LogP contribution in [0.5, 0.6) is 0 Å². The summed E-state index contributed by atoms with van der Waals surface area (Å²) in [7, 11) is 4.34. The molecule has 2 aromatic rings. The highest BCUT2D eigenvalue weighted by Crippen LogP contribution is 2.28. The second kappa shape index (κ2) is 13.5. The predicted molar refractivity (Wildman–Crippen MR) is 120 cm³/mol. The summed E-state index contributed by atoms with van der Waals surface area (Å²) in [5, 5.41) is 30.4. The summed E-state index contributed by atoms with van der Waals surface area (Å²) in [6.07, 6.45) is 3.87. The molecule has 0 radical (unpaired) electrons. The molecule has 0 aromatic heterocycles. The number of aliphatic hydroxyl groups excluding tert-OH is 1. The fourth-order valence-corrected chi connectivity index (χ4v) is 2.93. The van der Waals surface area contributed by atoms with Gasteiger partial charge in [0.15, 0.2) is 5.60 Å². The van der Waals surface area contributed by atoms with Gasteiger partial charge in [0.2, 0.25) is 0 Å². The lowest BCUT2D eigenvalue weighted by atomic mass is 9.86. The van der Waals surface area contributed by atoms with E-state index in [2.05, 4.69) is 21.0 Å². The van der Waals surface area contributed by atoms with E-state index in [-0.39, 0.29) is 28.1 Å². The van der Waals surface area contributed by atoms with Crippen molar-refractivity contribution in [2.24, 2.45) is 0 Å². The molecule has 0 spiro atoms. The molecule has 0 aliphatic heterocycles. The maximum absolute atomic E-state index is 11.3. The van der Waals surface area contributed by atoms with Crippen LogP contribution in [0.25, 0.3) is 0 Å². The fraction of sp³-hybridized carbons (Fsp3) is 0.435. The van der Waals surface area contributed by atoms with Gasteiger partial charge in [-0.2, -0.15) is 0 Å². The average Bonchev–Trinajstić information content (AvgIpc) is 2.69. The van der Waals surface area contributed by atoms with Crippen LogP contribution in [0.4, 0.5) is 0 Å². The van der Waals surface area contributed by atoms with Gasteiger partial charge in [-0.15, -0.1) is 17.0 Å². The second-order valence-electron chi connectivity index (χ2n) is 7.54. The lowest BCUT2D eigenvalue weighted by molar-refractivity contribution is -0.890. The Hall–Kier alpha value is -1.73. The first-order valence-electron chi connectivity index (χ1n) is 9.75. The summed E-state index contributed by atoms with van der Waals surface area (Å²) < 4.78 is 0.955. The average molecular weight is 468 g/mol. The first-order chi connectivity index (χ1) is 13.3. The number of likely N-dealkylation sites (N-methyl/N-ethyl adjacent to an activating group) is 1. The number of hydrogen-bond acceptors (Lipinski definition) is 4. The number of aliphatic carboxylic acids is 1. The van der Waals surface area contributed by atoms with Crippen LogP contribution < -0.4 is 5.11 Å². The van der Waals surface area contributed by atoms with Crippen molar-refractivity contribution in [3.63, 3.8) is 0 Å². The lowest BCUT2D eigenvalue weighted by Gasteiger charge is -2.30. The number of halogens is 1. The number of nitrogens with zero attached hydrogens (tertiary/aromatic N) is 1. The van der Waals surface area contributed by atoms with Gasteiger partial charge in [0.05, 0.1) is 33.2 Å². The third kappa shape index (κ3) is 8.66. The van der Waals surface area contributed by atoms with Gasteiger partial charge < -0.3 is 24.6 Å². The van der Waals surface area contributed by atoms with Crippen molar-refractivity contribution in [3.05, 3.63) is 71.8 Å². The first kappa shape index (κ1) is 27.3. The number of unbranched alkanes of at least 4 members (excludes halogenated alkanes) is 2. The standard InChI is InChI=1S/C14H12O3.C9H22NO.BrH/c15-13(16)14(17,11-7-3-1-4-8-11)12-9-5-2-6-10-12;1-4-5-6-7-10(2,3)8-9-11;/h1-10,17H,(H,15,16);11H,4-9H2,1-3H3;1H/q;+1;/p-1. The minimum Gasteiger partial charge on any atom is -0.546 e. The van der Waals surface area contributed by atoms with Crippen LogP contribution in [0.3, 0.4) is 0 Å². The Kier molecular flexibility index (Phi) is 12.7. The Morgan fingerprint density at radius 1 is 0.931 bits per heavy atom. The number of carboxylic acids is 1. The molecule has 0 saturated carbocycles. The molecule has 2 N–H and O–H groups in total. The van der Waals surface area contributed by atoms with Crippen molar-refractivity contribution >= 4 is 23.0 Å². The topological polar surface area (TPSA) is 80.6 Å². The maximum Gasteiger partial charge on any atom is 0.154 e. The number of carboxylic acid groups (broad SMARTS) is 1. The zero-order valence-corrected chi connectivity index (χ0v) is 19.3. The minimum atomic E-state index is -2.11.